The van der Waals surface area contributed by atoms with Crippen LogP contribution in [0.5, 0.6) is 0 Å². The van der Waals surface area contributed by atoms with Crippen molar-refractivity contribution in [2.45, 2.75) is 38.4 Å². The number of carbonyl (C=O) groups is 2. The standard InChI is InChI=1S/C26H32ClFN4O2/c1-19(25(33)29-22-9-11-30(12-10-22)18-20-5-3-2-4-6-20)31-13-15-32(16-14-31)26(34)23-8-7-21(27)17-24(23)28/h2-8,17,19,22H,9-16,18H2,1H3,(H,29,33). The van der Waals surface area contributed by atoms with Gasteiger partial charge in [0.2, 0.25) is 5.91 Å². The molecule has 0 spiro atoms. The average Bonchev–Trinajstić information content (AvgIpc) is 2.85. The van der Waals surface area contributed by atoms with Crippen LogP contribution in [0.1, 0.15) is 35.7 Å². The molecule has 1 unspecified atom stereocenters. The topological polar surface area (TPSA) is 55.9 Å². The monoisotopic (exact) mass is 486 g/mol. The molecule has 0 aliphatic carbocycles. The molecular weight excluding hydrogens is 455 g/mol. The second-order valence-corrected chi connectivity index (χ2v) is 9.61. The summed E-state index contributed by atoms with van der Waals surface area (Å²) in [4.78, 5) is 31.7. The number of piperidine rings is 1. The first-order valence-corrected chi connectivity index (χ1v) is 12.3. The second kappa shape index (κ2) is 11.3. The molecule has 2 aliphatic rings. The zero-order chi connectivity index (χ0) is 24.1. The van der Waals surface area contributed by atoms with Crippen LogP contribution in [0.25, 0.3) is 0 Å². The van der Waals surface area contributed by atoms with Gasteiger partial charge in [-0.2, -0.15) is 0 Å². The fourth-order valence-electron chi connectivity index (χ4n) is 4.71. The van der Waals surface area contributed by atoms with E-state index in [2.05, 4.69) is 39.4 Å². The van der Waals surface area contributed by atoms with E-state index in [-0.39, 0.29) is 34.5 Å². The number of carbonyl (C=O) groups excluding carboxylic acids is 2. The predicted octanol–water partition coefficient (Wildman–Crippen LogP) is 3.41. The molecule has 2 aliphatic heterocycles. The molecule has 4 rings (SSSR count). The van der Waals surface area contributed by atoms with Gasteiger partial charge in [-0.15, -0.1) is 0 Å². The zero-order valence-corrected chi connectivity index (χ0v) is 20.3. The van der Waals surface area contributed by atoms with Crippen molar-refractivity contribution in [1.29, 1.82) is 0 Å². The van der Waals surface area contributed by atoms with Crippen LogP contribution in [0.4, 0.5) is 4.39 Å². The number of amides is 2. The minimum Gasteiger partial charge on any atom is -0.352 e. The molecule has 2 fully saturated rings. The van der Waals surface area contributed by atoms with Gasteiger partial charge in [0.05, 0.1) is 11.6 Å². The molecule has 1 N–H and O–H groups in total. The lowest BCUT2D eigenvalue weighted by molar-refractivity contribution is -0.127. The number of nitrogens with one attached hydrogen (secondary N) is 1. The van der Waals surface area contributed by atoms with Crippen LogP contribution in [-0.4, -0.2) is 77.9 Å². The first-order valence-electron chi connectivity index (χ1n) is 12.0. The lowest BCUT2D eigenvalue weighted by atomic mass is 10.0. The molecule has 0 bridgehead atoms. The maximum atomic E-state index is 14.1. The number of hydrogen-bond acceptors (Lipinski definition) is 4. The molecule has 8 heteroatoms. The van der Waals surface area contributed by atoms with E-state index in [0.29, 0.717) is 26.2 Å². The van der Waals surface area contributed by atoms with Crippen molar-refractivity contribution in [3.05, 3.63) is 70.5 Å². The highest BCUT2D eigenvalue weighted by atomic mass is 35.5. The molecule has 34 heavy (non-hydrogen) atoms. The van der Waals surface area contributed by atoms with Gasteiger partial charge in [0, 0.05) is 56.9 Å². The molecule has 2 heterocycles. The van der Waals surface area contributed by atoms with Crippen molar-refractivity contribution < 1.29 is 14.0 Å². The minimum absolute atomic E-state index is 0.0299. The van der Waals surface area contributed by atoms with Gasteiger partial charge in [-0.3, -0.25) is 19.4 Å². The molecular formula is C26H32ClFN4O2. The van der Waals surface area contributed by atoms with Crippen molar-refractivity contribution in [3.8, 4) is 0 Å². The number of rotatable bonds is 6. The number of nitrogens with zero attached hydrogens (tertiary/aromatic N) is 3. The molecule has 1 atom stereocenters. The van der Waals surface area contributed by atoms with Gasteiger partial charge < -0.3 is 10.2 Å². The van der Waals surface area contributed by atoms with E-state index in [9.17, 15) is 14.0 Å². The Balaban J connectivity index is 1.21. The molecule has 2 saturated heterocycles. The van der Waals surface area contributed by atoms with Crippen molar-refractivity contribution >= 4 is 23.4 Å². The number of halogens is 2. The summed E-state index contributed by atoms with van der Waals surface area (Å²) < 4.78 is 14.1. The van der Waals surface area contributed by atoms with E-state index in [1.165, 1.54) is 17.7 Å². The van der Waals surface area contributed by atoms with E-state index in [0.717, 1.165) is 38.5 Å². The van der Waals surface area contributed by atoms with Crippen LogP contribution in [0, 0.1) is 5.82 Å². The fourth-order valence-corrected chi connectivity index (χ4v) is 4.87. The Labute approximate surface area is 205 Å². The van der Waals surface area contributed by atoms with Crippen LogP contribution < -0.4 is 5.32 Å². The Morgan fingerprint density at radius 1 is 1.03 bits per heavy atom. The third kappa shape index (κ3) is 6.14. The first-order chi connectivity index (χ1) is 16.4. The van der Waals surface area contributed by atoms with Gasteiger partial charge in [-0.25, -0.2) is 4.39 Å². The number of hydrogen-bond donors (Lipinski definition) is 1. The van der Waals surface area contributed by atoms with Crippen molar-refractivity contribution in [3.63, 3.8) is 0 Å². The Morgan fingerprint density at radius 2 is 1.71 bits per heavy atom. The summed E-state index contributed by atoms with van der Waals surface area (Å²) >= 11 is 5.79. The number of piperazine rings is 1. The highest BCUT2D eigenvalue weighted by Gasteiger charge is 2.30. The van der Waals surface area contributed by atoms with Crippen LogP contribution in [0.3, 0.4) is 0 Å². The van der Waals surface area contributed by atoms with Gasteiger partial charge >= 0.3 is 0 Å². The van der Waals surface area contributed by atoms with Crippen LogP contribution in [0.2, 0.25) is 5.02 Å². The lowest BCUT2D eigenvalue weighted by Crippen LogP contribution is -2.56. The zero-order valence-electron chi connectivity index (χ0n) is 19.6. The van der Waals surface area contributed by atoms with Crippen LogP contribution in [-0.2, 0) is 11.3 Å². The van der Waals surface area contributed by atoms with Gasteiger partial charge in [0.15, 0.2) is 0 Å². The number of likely N-dealkylation sites (tertiary alicyclic amines) is 1. The maximum Gasteiger partial charge on any atom is 0.256 e. The van der Waals surface area contributed by atoms with E-state index < -0.39 is 5.82 Å². The quantitative estimate of drug-likeness (QED) is 0.680. The van der Waals surface area contributed by atoms with Crippen LogP contribution >= 0.6 is 11.6 Å². The van der Waals surface area contributed by atoms with Crippen molar-refractivity contribution in [2.75, 3.05) is 39.3 Å². The summed E-state index contributed by atoms with van der Waals surface area (Å²) in [5, 5.41) is 3.49. The molecule has 6 nitrogen and oxygen atoms in total. The minimum atomic E-state index is -0.609. The van der Waals surface area contributed by atoms with E-state index in [4.69, 9.17) is 11.6 Å². The molecule has 0 radical (unpaired) electrons. The van der Waals surface area contributed by atoms with E-state index >= 15 is 0 Å². The van der Waals surface area contributed by atoms with Gasteiger partial charge in [-0.05, 0) is 43.5 Å². The summed E-state index contributed by atoms with van der Waals surface area (Å²) in [6.45, 7) is 6.85. The van der Waals surface area contributed by atoms with Gasteiger partial charge in [0.25, 0.3) is 5.91 Å². The van der Waals surface area contributed by atoms with Gasteiger partial charge in [0.1, 0.15) is 5.82 Å². The highest BCUT2D eigenvalue weighted by Crippen LogP contribution is 2.18. The predicted molar refractivity (Wildman–Crippen MR) is 131 cm³/mol. The summed E-state index contributed by atoms with van der Waals surface area (Å²) in [7, 11) is 0. The molecule has 2 amide bonds. The normalized spacial score (nSPS) is 19.1. The Kier molecular flexibility index (Phi) is 8.19. The maximum absolute atomic E-state index is 14.1. The Hall–Kier alpha value is -2.48. The summed E-state index contributed by atoms with van der Waals surface area (Å²) in [5.41, 5.74) is 1.34. The SMILES string of the molecule is CC(C(=O)NC1CCN(Cc2ccccc2)CC1)N1CCN(C(=O)c2ccc(Cl)cc2F)CC1. The number of benzene rings is 2. The summed E-state index contributed by atoms with van der Waals surface area (Å²) in [5.74, 6) is -0.916. The van der Waals surface area contributed by atoms with E-state index in [1.807, 2.05) is 13.0 Å². The third-order valence-corrected chi connectivity index (χ3v) is 7.11. The average molecular weight is 487 g/mol. The van der Waals surface area contributed by atoms with E-state index in [1.54, 1.807) is 4.90 Å². The molecule has 182 valence electrons. The van der Waals surface area contributed by atoms with Crippen molar-refractivity contribution in [1.82, 2.24) is 20.0 Å². The highest BCUT2D eigenvalue weighted by molar-refractivity contribution is 6.30. The molecule has 2 aromatic rings. The molecule has 2 aromatic carbocycles. The third-order valence-electron chi connectivity index (χ3n) is 6.87. The smallest absolute Gasteiger partial charge is 0.256 e. The lowest BCUT2D eigenvalue weighted by Gasteiger charge is -2.38. The summed E-state index contributed by atoms with van der Waals surface area (Å²) in [6, 6.07) is 14.5. The van der Waals surface area contributed by atoms with Crippen LogP contribution in [0.15, 0.2) is 48.5 Å². The largest absolute Gasteiger partial charge is 0.352 e. The van der Waals surface area contributed by atoms with Crippen molar-refractivity contribution in [2.24, 2.45) is 0 Å². The Bertz CT molecular complexity index is 990. The first kappa shape index (κ1) is 24.6. The Morgan fingerprint density at radius 3 is 2.35 bits per heavy atom. The fraction of sp³-hybridized carbons (Fsp3) is 0.462. The second-order valence-electron chi connectivity index (χ2n) is 9.17. The van der Waals surface area contributed by atoms with Gasteiger partial charge in [-0.1, -0.05) is 41.9 Å². The molecule has 0 aromatic heterocycles. The summed E-state index contributed by atoms with van der Waals surface area (Å²) in [6.07, 6.45) is 1.89. The molecule has 0 saturated carbocycles.